The first-order valence-corrected chi connectivity index (χ1v) is 4.56. The second kappa shape index (κ2) is 8.02. The van der Waals surface area contributed by atoms with Gasteiger partial charge in [0.1, 0.15) is 0 Å². The van der Waals surface area contributed by atoms with Gasteiger partial charge in [-0.15, -0.1) is 0 Å². The van der Waals surface area contributed by atoms with Crippen LogP contribution in [0.4, 0.5) is 0 Å². The Kier molecular flexibility index (Phi) is 7.96. The van der Waals surface area contributed by atoms with E-state index in [4.69, 9.17) is 10.2 Å². The molecule has 0 fully saturated rings. The van der Waals surface area contributed by atoms with Gasteiger partial charge >= 0.3 is 0 Å². The summed E-state index contributed by atoms with van der Waals surface area (Å²) in [6, 6.07) is 0. The van der Waals surface area contributed by atoms with E-state index >= 15 is 0 Å². The molecule has 0 amide bonds. The van der Waals surface area contributed by atoms with Gasteiger partial charge in [-0.3, -0.25) is 0 Å². The lowest BCUT2D eigenvalue weighted by molar-refractivity contribution is 0.209. The van der Waals surface area contributed by atoms with Crippen molar-refractivity contribution in [2.75, 3.05) is 13.2 Å². The molecule has 0 radical (unpaired) electrons. The van der Waals surface area contributed by atoms with E-state index in [0.717, 1.165) is 32.1 Å². The third-order valence-electron chi connectivity index (χ3n) is 2.11. The Morgan fingerprint density at radius 2 is 1.82 bits per heavy atom. The minimum atomic E-state index is 0.302. The van der Waals surface area contributed by atoms with E-state index < -0.39 is 0 Å². The number of hydrogen-bond acceptors (Lipinski definition) is 2. The average Bonchev–Trinajstić information content (AvgIpc) is 2.05. The molecule has 0 aromatic heterocycles. The molecule has 0 rings (SSSR count). The summed E-state index contributed by atoms with van der Waals surface area (Å²) in [5.41, 5.74) is 0. The van der Waals surface area contributed by atoms with E-state index in [1.54, 1.807) is 0 Å². The Hall–Kier alpha value is -0.0800. The maximum absolute atomic E-state index is 8.83. The van der Waals surface area contributed by atoms with Crippen molar-refractivity contribution in [3.05, 3.63) is 0 Å². The van der Waals surface area contributed by atoms with Crippen LogP contribution in [-0.2, 0) is 0 Å². The molecule has 0 heterocycles. The lowest BCUT2D eigenvalue weighted by Gasteiger charge is -2.09. The van der Waals surface area contributed by atoms with Crippen molar-refractivity contribution in [3.63, 3.8) is 0 Å². The Bertz CT molecular complexity index is 70.0. The fraction of sp³-hybridized carbons (Fsp3) is 1.00. The summed E-state index contributed by atoms with van der Waals surface area (Å²) in [6.45, 7) is 2.72. The van der Waals surface area contributed by atoms with Crippen LogP contribution in [-0.4, -0.2) is 23.4 Å². The van der Waals surface area contributed by atoms with Crippen LogP contribution in [0, 0.1) is 5.92 Å². The van der Waals surface area contributed by atoms with Gasteiger partial charge in [-0.25, -0.2) is 0 Å². The van der Waals surface area contributed by atoms with E-state index in [1.807, 2.05) is 0 Å². The van der Waals surface area contributed by atoms with Gasteiger partial charge in [-0.05, 0) is 18.8 Å². The lowest BCUT2D eigenvalue weighted by atomic mass is 10.00. The van der Waals surface area contributed by atoms with Gasteiger partial charge in [-0.1, -0.05) is 26.2 Å². The molecular weight excluding hydrogens is 140 g/mol. The van der Waals surface area contributed by atoms with Crippen LogP contribution in [0.15, 0.2) is 0 Å². The summed E-state index contributed by atoms with van der Waals surface area (Å²) in [6.07, 6.45) is 5.30. The molecule has 11 heavy (non-hydrogen) atoms. The maximum atomic E-state index is 8.83. The molecule has 2 heteroatoms. The fourth-order valence-corrected chi connectivity index (χ4v) is 1.15. The highest BCUT2D eigenvalue weighted by atomic mass is 16.3. The molecule has 0 aromatic carbocycles. The predicted octanol–water partition coefficient (Wildman–Crippen LogP) is 1.56. The van der Waals surface area contributed by atoms with E-state index in [0.29, 0.717) is 19.1 Å². The zero-order chi connectivity index (χ0) is 8.53. The molecule has 0 aliphatic carbocycles. The lowest BCUT2D eigenvalue weighted by Crippen LogP contribution is -2.04. The van der Waals surface area contributed by atoms with Gasteiger partial charge in [0.25, 0.3) is 0 Å². The molecule has 68 valence electrons. The molecule has 0 aliphatic rings. The summed E-state index contributed by atoms with van der Waals surface area (Å²) < 4.78 is 0. The largest absolute Gasteiger partial charge is 0.396 e. The molecule has 1 unspecified atom stereocenters. The van der Waals surface area contributed by atoms with Gasteiger partial charge in [0, 0.05) is 13.2 Å². The number of aliphatic hydroxyl groups excluding tert-OH is 2. The quantitative estimate of drug-likeness (QED) is 0.555. The molecule has 0 spiro atoms. The van der Waals surface area contributed by atoms with Crippen LogP contribution in [0.2, 0.25) is 0 Å². The van der Waals surface area contributed by atoms with Crippen LogP contribution < -0.4 is 0 Å². The normalized spacial score (nSPS) is 13.4. The zero-order valence-corrected chi connectivity index (χ0v) is 7.42. The zero-order valence-electron chi connectivity index (χ0n) is 7.42. The van der Waals surface area contributed by atoms with Crippen molar-refractivity contribution >= 4 is 0 Å². The van der Waals surface area contributed by atoms with Crippen LogP contribution in [0.5, 0.6) is 0 Å². The Morgan fingerprint density at radius 3 is 2.27 bits per heavy atom. The SMILES string of the molecule is CCC(CO)CCCCCO. The van der Waals surface area contributed by atoms with Gasteiger partial charge in [0.2, 0.25) is 0 Å². The van der Waals surface area contributed by atoms with Gasteiger partial charge in [-0.2, -0.15) is 0 Å². The molecule has 2 nitrogen and oxygen atoms in total. The standard InChI is InChI=1S/C9H20O2/c1-2-9(8-11)6-4-3-5-7-10/h9-11H,2-8H2,1H3. The van der Waals surface area contributed by atoms with E-state index in [-0.39, 0.29) is 0 Å². The smallest absolute Gasteiger partial charge is 0.0459 e. The first kappa shape index (κ1) is 10.9. The minimum absolute atomic E-state index is 0.302. The first-order valence-electron chi connectivity index (χ1n) is 4.56. The van der Waals surface area contributed by atoms with Crippen molar-refractivity contribution in [2.45, 2.75) is 39.0 Å². The number of aliphatic hydroxyl groups is 2. The van der Waals surface area contributed by atoms with Gasteiger partial charge in [0.15, 0.2) is 0 Å². The average molecular weight is 160 g/mol. The molecule has 0 saturated heterocycles. The van der Waals surface area contributed by atoms with Crippen LogP contribution in [0.3, 0.4) is 0 Å². The van der Waals surface area contributed by atoms with E-state index in [2.05, 4.69) is 6.92 Å². The highest BCUT2D eigenvalue weighted by Crippen LogP contribution is 2.12. The fourth-order valence-electron chi connectivity index (χ4n) is 1.15. The summed E-state index contributed by atoms with van der Waals surface area (Å²) in [7, 11) is 0. The first-order chi connectivity index (χ1) is 5.35. The number of hydrogen-bond donors (Lipinski definition) is 2. The Balaban J connectivity index is 3.07. The monoisotopic (exact) mass is 160 g/mol. The summed E-state index contributed by atoms with van der Waals surface area (Å²) in [5, 5.41) is 17.3. The van der Waals surface area contributed by atoms with Crippen LogP contribution in [0.25, 0.3) is 0 Å². The Labute approximate surface area is 69.2 Å². The maximum Gasteiger partial charge on any atom is 0.0459 e. The Morgan fingerprint density at radius 1 is 1.09 bits per heavy atom. The predicted molar refractivity (Wildman–Crippen MR) is 46.4 cm³/mol. The van der Waals surface area contributed by atoms with Crippen molar-refractivity contribution < 1.29 is 10.2 Å². The molecule has 0 bridgehead atoms. The second-order valence-corrected chi connectivity index (χ2v) is 3.03. The molecule has 1 atom stereocenters. The third kappa shape index (κ3) is 6.32. The molecule has 0 saturated carbocycles. The second-order valence-electron chi connectivity index (χ2n) is 3.03. The van der Waals surface area contributed by atoms with E-state index in [9.17, 15) is 0 Å². The van der Waals surface area contributed by atoms with Gasteiger partial charge in [0.05, 0.1) is 0 Å². The minimum Gasteiger partial charge on any atom is -0.396 e. The number of rotatable bonds is 7. The highest BCUT2D eigenvalue weighted by Gasteiger charge is 2.02. The van der Waals surface area contributed by atoms with Crippen molar-refractivity contribution in [1.82, 2.24) is 0 Å². The van der Waals surface area contributed by atoms with Crippen LogP contribution >= 0.6 is 0 Å². The molecule has 0 aromatic rings. The number of unbranched alkanes of at least 4 members (excludes halogenated alkanes) is 2. The molecular formula is C9H20O2. The van der Waals surface area contributed by atoms with Crippen molar-refractivity contribution in [1.29, 1.82) is 0 Å². The van der Waals surface area contributed by atoms with Crippen molar-refractivity contribution in [3.8, 4) is 0 Å². The summed E-state index contributed by atoms with van der Waals surface area (Å²) in [5.74, 6) is 0.480. The highest BCUT2D eigenvalue weighted by molar-refractivity contribution is 4.54. The topological polar surface area (TPSA) is 40.5 Å². The third-order valence-corrected chi connectivity index (χ3v) is 2.11. The van der Waals surface area contributed by atoms with Crippen molar-refractivity contribution in [2.24, 2.45) is 5.92 Å². The summed E-state index contributed by atoms with van der Waals surface area (Å²) in [4.78, 5) is 0. The molecule has 0 aliphatic heterocycles. The summed E-state index contributed by atoms with van der Waals surface area (Å²) >= 11 is 0. The van der Waals surface area contributed by atoms with E-state index in [1.165, 1.54) is 0 Å². The van der Waals surface area contributed by atoms with Gasteiger partial charge < -0.3 is 10.2 Å². The van der Waals surface area contributed by atoms with Crippen LogP contribution in [0.1, 0.15) is 39.0 Å². The molecule has 2 N–H and O–H groups in total.